The van der Waals surface area contributed by atoms with Crippen LogP contribution in [-0.4, -0.2) is 47.8 Å². The third kappa shape index (κ3) is 4.96. The highest BCUT2D eigenvalue weighted by molar-refractivity contribution is 9.10. The molecule has 1 rings (SSSR count). The van der Waals surface area contributed by atoms with Gasteiger partial charge in [0.1, 0.15) is 6.54 Å². The van der Waals surface area contributed by atoms with Gasteiger partial charge < -0.3 is 10.2 Å². The molecule has 5 nitrogen and oxygen atoms in total. The molecule has 16 heavy (non-hydrogen) atoms. The molecule has 0 spiro atoms. The maximum atomic E-state index is 11.6. The van der Waals surface area contributed by atoms with E-state index in [2.05, 4.69) is 26.3 Å². The van der Waals surface area contributed by atoms with Gasteiger partial charge in [-0.1, -0.05) is 0 Å². The molecule has 7 heteroatoms. The molecule has 0 saturated heterocycles. The maximum absolute atomic E-state index is 11.6. The average Bonchev–Trinajstić information content (AvgIpc) is 2.60. The van der Waals surface area contributed by atoms with Crippen LogP contribution in [0, 0.1) is 0 Å². The predicted octanol–water partition coefficient (Wildman–Crippen LogP) is 0.745. The van der Waals surface area contributed by atoms with Crippen molar-refractivity contribution in [2.24, 2.45) is 0 Å². The van der Waals surface area contributed by atoms with Gasteiger partial charge in [-0.05, 0) is 23.0 Å². The molecule has 1 N–H and O–H groups in total. The van der Waals surface area contributed by atoms with E-state index in [0.717, 1.165) is 11.0 Å². The monoisotopic (exact) mass is 310 g/mol. The first-order valence-corrected chi connectivity index (χ1v) is 5.49. The SMILES string of the molecule is CNCCN(C)C(=O)Cn1cc(Br)cn1.Cl. The van der Waals surface area contributed by atoms with Crippen molar-refractivity contribution < 1.29 is 4.79 Å². The molecule has 0 aliphatic heterocycles. The molecule has 0 bridgehead atoms. The van der Waals surface area contributed by atoms with Crippen molar-refractivity contribution in [3.63, 3.8) is 0 Å². The Kier molecular flexibility index (Phi) is 7.36. The number of amides is 1. The van der Waals surface area contributed by atoms with Crippen molar-refractivity contribution >= 4 is 34.2 Å². The zero-order valence-corrected chi connectivity index (χ0v) is 11.7. The summed E-state index contributed by atoms with van der Waals surface area (Å²) in [5.74, 6) is 0.0563. The van der Waals surface area contributed by atoms with E-state index < -0.39 is 0 Å². The van der Waals surface area contributed by atoms with Gasteiger partial charge in [-0.25, -0.2) is 0 Å². The molecule has 0 unspecified atom stereocenters. The van der Waals surface area contributed by atoms with Crippen LogP contribution in [0.2, 0.25) is 0 Å². The van der Waals surface area contributed by atoms with Gasteiger partial charge in [0.25, 0.3) is 0 Å². The smallest absolute Gasteiger partial charge is 0.244 e. The van der Waals surface area contributed by atoms with Gasteiger partial charge in [-0.15, -0.1) is 12.4 Å². The van der Waals surface area contributed by atoms with Gasteiger partial charge in [0.2, 0.25) is 5.91 Å². The van der Waals surface area contributed by atoms with Crippen LogP contribution in [0.15, 0.2) is 16.9 Å². The topological polar surface area (TPSA) is 50.2 Å². The summed E-state index contributed by atoms with van der Waals surface area (Å²) in [6.07, 6.45) is 3.45. The summed E-state index contributed by atoms with van der Waals surface area (Å²) in [5, 5.41) is 7.02. The Labute approximate surface area is 110 Å². The second-order valence-corrected chi connectivity index (χ2v) is 4.19. The Morgan fingerprint density at radius 2 is 2.38 bits per heavy atom. The summed E-state index contributed by atoms with van der Waals surface area (Å²) in [4.78, 5) is 13.3. The number of nitrogens with one attached hydrogen (secondary N) is 1. The average molecular weight is 312 g/mol. The summed E-state index contributed by atoms with van der Waals surface area (Å²) in [6, 6.07) is 0. The Balaban J connectivity index is 0.00000225. The summed E-state index contributed by atoms with van der Waals surface area (Å²) < 4.78 is 2.50. The first-order chi connectivity index (χ1) is 7.13. The fourth-order valence-corrected chi connectivity index (χ4v) is 1.42. The highest BCUT2D eigenvalue weighted by Crippen LogP contribution is 2.06. The number of likely N-dealkylation sites (N-methyl/N-ethyl adjacent to an activating group) is 2. The number of carbonyl (C=O) groups excluding carboxylic acids is 1. The number of rotatable bonds is 5. The van der Waals surface area contributed by atoms with Gasteiger partial charge in [0, 0.05) is 26.3 Å². The van der Waals surface area contributed by atoms with E-state index >= 15 is 0 Å². The third-order valence-electron chi connectivity index (χ3n) is 2.02. The predicted molar refractivity (Wildman–Crippen MR) is 68.7 cm³/mol. The van der Waals surface area contributed by atoms with Crippen molar-refractivity contribution in [2.75, 3.05) is 27.2 Å². The molecular weight excluding hydrogens is 295 g/mol. The number of aromatic nitrogens is 2. The van der Waals surface area contributed by atoms with Crippen LogP contribution >= 0.6 is 28.3 Å². The van der Waals surface area contributed by atoms with E-state index in [1.54, 1.807) is 29.0 Å². The summed E-state index contributed by atoms with van der Waals surface area (Å²) >= 11 is 3.28. The van der Waals surface area contributed by atoms with Gasteiger partial charge in [0.05, 0.1) is 10.7 Å². The fourth-order valence-electron chi connectivity index (χ4n) is 1.09. The minimum Gasteiger partial charge on any atom is -0.343 e. The van der Waals surface area contributed by atoms with Gasteiger partial charge in [-0.2, -0.15) is 5.10 Å². The van der Waals surface area contributed by atoms with E-state index in [1.165, 1.54) is 0 Å². The Hall–Kier alpha value is -0.590. The first kappa shape index (κ1) is 15.4. The van der Waals surface area contributed by atoms with E-state index in [9.17, 15) is 4.79 Å². The normalized spacial score (nSPS) is 9.69. The Bertz CT molecular complexity index is 331. The molecule has 1 heterocycles. The van der Waals surface area contributed by atoms with Crippen LogP contribution in [-0.2, 0) is 11.3 Å². The van der Waals surface area contributed by atoms with Crippen LogP contribution in [0.5, 0.6) is 0 Å². The van der Waals surface area contributed by atoms with Crippen LogP contribution in [0.1, 0.15) is 0 Å². The van der Waals surface area contributed by atoms with Crippen molar-refractivity contribution in [1.82, 2.24) is 20.0 Å². The minimum atomic E-state index is 0. The Morgan fingerprint density at radius 1 is 1.69 bits per heavy atom. The second-order valence-electron chi connectivity index (χ2n) is 3.27. The lowest BCUT2D eigenvalue weighted by molar-refractivity contribution is -0.130. The molecule has 0 aliphatic carbocycles. The molecule has 0 aliphatic rings. The zero-order valence-electron chi connectivity index (χ0n) is 9.31. The number of hydrogen-bond acceptors (Lipinski definition) is 3. The van der Waals surface area contributed by atoms with E-state index in [1.807, 2.05) is 7.05 Å². The quantitative estimate of drug-likeness (QED) is 0.873. The third-order valence-corrected chi connectivity index (χ3v) is 2.43. The number of halogens is 2. The molecule has 0 atom stereocenters. The molecule has 92 valence electrons. The molecule has 1 aromatic heterocycles. The molecular formula is C9H16BrClN4O. The van der Waals surface area contributed by atoms with Gasteiger partial charge in [-0.3, -0.25) is 9.48 Å². The number of nitrogens with zero attached hydrogens (tertiary/aromatic N) is 3. The first-order valence-electron chi connectivity index (χ1n) is 4.70. The fraction of sp³-hybridized carbons (Fsp3) is 0.556. The maximum Gasteiger partial charge on any atom is 0.244 e. The largest absolute Gasteiger partial charge is 0.343 e. The summed E-state index contributed by atoms with van der Waals surface area (Å²) in [5.41, 5.74) is 0. The summed E-state index contributed by atoms with van der Waals surface area (Å²) in [6.45, 7) is 1.79. The van der Waals surface area contributed by atoms with Crippen LogP contribution in [0.3, 0.4) is 0 Å². The standard InChI is InChI=1S/C9H15BrN4O.ClH/c1-11-3-4-13(2)9(15)7-14-6-8(10)5-12-14;/h5-6,11H,3-4,7H2,1-2H3;1H. The van der Waals surface area contributed by atoms with Crippen molar-refractivity contribution in [2.45, 2.75) is 6.54 Å². The molecule has 1 aromatic rings. The molecule has 0 fully saturated rings. The van der Waals surface area contributed by atoms with E-state index in [4.69, 9.17) is 0 Å². The zero-order chi connectivity index (χ0) is 11.3. The highest BCUT2D eigenvalue weighted by atomic mass is 79.9. The van der Waals surface area contributed by atoms with E-state index in [0.29, 0.717) is 6.54 Å². The van der Waals surface area contributed by atoms with Gasteiger partial charge >= 0.3 is 0 Å². The lowest BCUT2D eigenvalue weighted by Gasteiger charge is -2.16. The molecule has 1 amide bonds. The Morgan fingerprint density at radius 3 is 2.88 bits per heavy atom. The molecule has 0 radical (unpaired) electrons. The van der Waals surface area contributed by atoms with Crippen LogP contribution < -0.4 is 5.32 Å². The van der Waals surface area contributed by atoms with Crippen molar-refractivity contribution in [3.05, 3.63) is 16.9 Å². The second kappa shape index (κ2) is 7.65. The van der Waals surface area contributed by atoms with Crippen molar-refractivity contribution in [3.8, 4) is 0 Å². The van der Waals surface area contributed by atoms with Gasteiger partial charge in [0.15, 0.2) is 0 Å². The van der Waals surface area contributed by atoms with E-state index in [-0.39, 0.29) is 24.9 Å². The van der Waals surface area contributed by atoms with Crippen molar-refractivity contribution in [1.29, 1.82) is 0 Å². The summed E-state index contributed by atoms with van der Waals surface area (Å²) in [7, 11) is 3.65. The number of hydrogen-bond donors (Lipinski definition) is 1. The minimum absolute atomic E-state index is 0. The van der Waals surface area contributed by atoms with Crippen LogP contribution in [0.4, 0.5) is 0 Å². The lowest BCUT2D eigenvalue weighted by atomic mass is 10.5. The highest BCUT2D eigenvalue weighted by Gasteiger charge is 2.09. The molecule has 0 saturated carbocycles. The lowest BCUT2D eigenvalue weighted by Crippen LogP contribution is -2.35. The number of carbonyl (C=O) groups is 1. The molecule has 0 aromatic carbocycles. The van der Waals surface area contributed by atoms with Crippen LogP contribution in [0.25, 0.3) is 0 Å².